The Bertz CT molecular complexity index is 553. The fourth-order valence-corrected chi connectivity index (χ4v) is 1.55. The second-order valence-corrected chi connectivity index (χ2v) is 3.43. The summed E-state index contributed by atoms with van der Waals surface area (Å²) in [7, 11) is 0. The molecule has 0 radical (unpaired) electrons. The Morgan fingerprint density at radius 2 is 2.24 bits per heavy atom. The van der Waals surface area contributed by atoms with E-state index >= 15 is 0 Å². The van der Waals surface area contributed by atoms with Crippen LogP contribution in [-0.2, 0) is 0 Å². The van der Waals surface area contributed by atoms with Gasteiger partial charge in [0.1, 0.15) is 17.9 Å². The van der Waals surface area contributed by atoms with Crippen molar-refractivity contribution in [2.45, 2.75) is 0 Å². The van der Waals surface area contributed by atoms with Gasteiger partial charge in [-0.15, -0.1) is 0 Å². The van der Waals surface area contributed by atoms with Crippen molar-refractivity contribution in [1.82, 2.24) is 4.98 Å². The molecule has 0 amide bonds. The Morgan fingerprint density at radius 3 is 2.94 bits per heavy atom. The Hall–Kier alpha value is -2.14. The predicted octanol–water partition coefficient (Wildman–Crippen LogP) is 1.30. The van der Waals surface area contributed by atoms with Crippen LogP contribution in [0, 0.1) is 0 Å². The molecule has 5 nitrogen and oxygen atoms in total. The number of aliphatic hydroxyl groups excluding tert-OH is 1. The third-order valence-corrected chi connectivity index (χ3v) is 2.27. The first-order valence-electron chi connectivity index (χ1n) is 5.08. The lowest BCUT2D eigenvalue weighted by Crippen LogP contribution is -2.04. The zero-order valence-electron chi connectivity index (χ0n) is 8.96. The van der Waals surface area contributed by atoms with E-state index in [1.54, 1.807) is 18.3 Å². The maximum Gasteiger partial charge on any atom is 0.335 e. The van der Waals surface area contributed by atoms with E-state index in [0.717, 1.165) is 0 Å². The molecule has 1 aromatic carbocycles. The van der Waals surface area contributed by atoms with Crippen LogP contribution in [0.15, 0.2) is 30.5 Å². The lowest BCUT2D eigenvalue weighted by Gasteiger charge is -2.08. The number of carbonyl (C=O) groups is 1. The van der Waals surface area contributed by atoms with Gasteiger partial charge in [-0.3, -0.25) is 4.98 Å². The molecule has 2 N–H and O–H groups in total. The first-order valence-corrected chi connectivity index (χ1v) is 5.08. The van der Waals surface area contributed by atoms with Gasteiger partial charge in [-0.05, 0) is 18.2 Å². The number of carboxylic acid groups (broad SMARTS) is 1. The highest BCUT2D eigenvalue weighted by atomic mass is 16.5. The molecule has 0 fully saturated rings. The molecule has 0 saturated heterocycles. The Labute approximate surface area is 97.3 Å². The van der Waals surface area contributed by atoms with Crippen LogP contribution in [0.3, 0.4) is 0 Å². The minimum atomic E-state index is -1.02. The van der Waals surface area contributed by atoms with E-state index in [0.29, 0.717) is 16.7 Å². The van der Waals surface area contributed by atoms with E-state index in [-0.39, 0.29) is 18.8 Å². The lowest BCUT2D eigenvalue weighted by atomic mass is 10.1. The lowest BCUT2D eigenvalue weighted by molar-refractivity contribution is 0.0696. The number of aromatic carboxylic acids is 1. The SMILES string of the molecule is O=C(O)c1cc(OCCO)c2ncccc2c1. The Kier molecular flexibility index (Phi) is 3.20. The van der Waals surface area contributed by atoms with Crippen molar-refractivity contribution < 1.29 is 19.7 Å². The van der Waals surface area contributed by atoms with Crippen LogP contribution in [0.5, 0.6) is 5.75 Å². The third kappa shape index (κ3) is 2.34. The number of aliphatic hydroxyl groups is 1. The molecule has 88 valence electrons. The molecular formula is C12H11NO4. The molecular weight excluding hydrogens is 222 g/mol. The molecule has 0 unspecified atom stereocenters. The highest BCUT2D eigenvalue weighted by Crippen LogP contribution is 2.25. The smallest absolute Gasteiger partial charge is 0.335 e. The molecule has 0 atom stereocenters. The molecule has 0 spiro atoms. The van der Waals surface area contributed by atoms with Gasteiger partial charge in [0.25, 0.3) is 0 Å². The number of pyridine rings is 1. The topological polar surface area (TPSA) is 79.7 Å². The van der Waals surface area contributed by atoms with Gasteiger partial charge in [0.05, 0.1) is 12.2 Å². The van der Waals surface area contributed by atoms with Crippen LogP contribution in [0.4, 0.5) is 0 Å². The van der Waals surface area contributed by atoms with Crippen LogP contribution in [0.1, 0.15) is 10.4 Å². The number of benzene rings is 1. The summed E-state index contributed by atoms with van der Waals surface area (Å²) >= 11 is 0. The second kappa shape index (κ2) is 4.80. The number of hydrogen-bond acceptors (Lipinski definition) is 4. The van der Waals surface area contributed by atoms with Crippen LogP contribution < -0.4 is 4.74 Å². The number of ether oxygens (including phenoxy) is 1. The van der Waals surface area contributed by atoms with E-state index in [1.165, 1.54) is 12.1 Å². The summed E-state index contributed by atoms with van der Waals surface area (Å²) in [5.41, 5.74) is 0.726. The molecule has 0 aliphatic heterocycles. The van der Waals surface area contributed by atoms with Crippen molar-refractivity contribution in [2.75, 3.05) is 13.2 Å². The van der Waals surface area contributed by atoms with Crippen molar-refractivity contribution >= 4 is 16.9 Å². The molecule has 17 heavy (non-hydrogen) atoms. The zero-order chi connectivity index (χ0) is 12.3. The number of hydrogen-bond donors (Lipinski definition) is 2. The van der Waals surface area contributed by atoms with Crippen LogP contribution in [-0.4, -0.2) is 34.4 Å². The van der Waals surface area contributed by atoms with Gasteiger partial charge in [-0.25, -0.2) is 4.79 Å². The summed E-state index contributed by atoms with van der Waals surface area (Å²) in [5, 5.41) is 18.4. The van der Waals surface area contributed by atoms with Crippen molar-refractivity contribution in [1.29, 1.82) is 0 Å². The van der Waals surface area contributed by atoms with Crippen LogP contribution >= 0.6 is 0 Å². The molecule has 0 aliphatic rings. The number of aromatic nitrogens is 1. The molecule has 0 saturated carbocycles. The number of rotatable bonds is 4. The summed E-state index contributed by atoms with van der Waals surface area (Å²) in [6.45, 7) is -0.0274. The molecule has 2 aromatic rings. The van der Waals surface area contributed by atoms with Crippen molar-refractivity contribution in [3.63, 3.8) is 0 Å². The number of carboxylic acids is 1. The largest absolute Gasteiger partial charge is 0.489 e. The maximum absolute atomic E-state index is 10.9. The van der Waals surface area contributed by atoms with Gasteiger partial charge >= 0.3 is 5.97 Å². The number of fused-ring (bicyclic) bond motifs is 1. The highest BCUT2D eigenvalue weighted by molar-refractivity contribution is 5.95. The fraction of sp³-hybridized carbons (Fsp3) is 0.167. The van der Waals surface area contributed by atoms with Crippen molar-refractivity contribution in [3.8, 4) is 5.75 Å². The van der Waals surface area contributed by atoms with E-state index in [2.05, 4.69) is 4.98 Å². The second-order valence-electron chi connectivity index (χ2n) is 3.43. The van der Waals surface area contributed by atoms with Gasteiger partial charge in [-0.2, -0.15) is 0 Å². The number of nitrogens with zero attached hydrogens (tertiary/aromatic N) is 1. The van der Waals surface area contributed by atoms with Gasteiger partial charge < -0.3 is 14.9 Å². The minimum absolute atomic E-state index is 0.106. The van der Waals surface area contributed by atoms with E-state index in [4.69, 9.17) is 14.9 Å². The summed E-state index contributed by atoms with van der Waals surface area (Å²) in [4.78, 5) is 15.1. The fourth-order valence-electron chi connectivity index (χ4n) is 1.55. The molecule has 1 heterocycles. The van der Waals surface area contributed by atoms with E-state index < -0.39 is 5.97 Å². The first kappa shape index (κ1) is 11.3. The maximum atomic E-state index is 10.9. The van der Waals surface area contributed by atoms with Crippen LogP contribution in [0.25, 0.3) is 10.9 Å². The molecule has 2 rings (SSSR count). The van der Waals surface area contributed by atoms with Crippen molar-refractivity contribution in [3.05, 3.63) is 36.0 Å². The monoisotopic (exact) mass is 233 g/mol. The molecule has 0 bridgehead atoms. The molecule has 5 heteroatoms. The summed E-state index contributed by atoms with van der Waals surface area (Å²) in [6, 6.07) is 6.44. The quantitative estimate of drug-likeness (QED) is 0.832. The highest BCUT2D eigenvalue weighted by Gasteiger charge is 2.10. The van der Waals surface area contributed by atoms with Gasteiger partial charge in [0, 0.05) is 11.6 Å². The first-order chi connectivity index (χ1) is 8.22. The summed E-state index contributed by atoms with van der Waals surface area (Å²) in [6.07, 6.45) is 1.61. The van der Waals surface area contributed by atoms with Gasteiger partial charge in [0.2, 0.25) is 0 Å². The standard InChI is InChI=1S/C12H11NO4/c14-4-5-17-10-7-9(12(15)16)6-8-2-1-3-13-11(8)10/h1-3,6-7,14H,4-5H2,(H,15,16). The average molecular weight is 233 g/mol. The van der Waals surface area contributed by atoms with Crippen LogP contribution in [0.2, 0.25) is 0 Å². The summed E-state index contributed by atoms with van der Waals surface area (Å²) in [5.74, 6) is -0.654. The predicted molar refractivity (Wildman–Crippen MR) is 61.3 cm³/mol. The normalized spacial score (nSPS) is 10.4. The molecule has 0 aliphatic carbocycles. The minimum Gasteiger partial charge on any atom is -0.489 e. The van der Waals surface area contributed by atoms with E-state index in [1.807, 2.05) is 0 Å². The average Bonchev–Trinajstić information content (AvgIpc) is 2.35. The van der Waals surface area contributed by atoms with Crippen molar-refractivity contribution in [2.24, 2.45) is 0 Å². The van der Waals surface area contributed by atoms with Gasteiger partial charge in [0.15, 0.2) is 0 Å². The molecule has 1 aromatic heterocycles. The van der Waals surface area contributed by atoms with E-state index in [9.17, 15) is 4.79 Å². The summed E-state index contributed by atoms with van der Waals surface area (Å²) < 4.78 is 5.28. The third-order valence-electron chi connectivity index (χ3n) is 2.27. The van der Waals surface area contributed by atoms with Gasteiger partial charge in [-0.1, -0.05) is 6.07 Å². The Balaban J connectivity index is 2.56. The Morgan fingerprint density at radius 1 is 1.41 bits per heavy atom. The zero-order valence-corrected chi connectivity index (χ0v) is 8.96.